The molecular formula is C18H22N4S. The molecule has 1 saturated heterocycles. The maximum Gasteiger partial charge on any atom is 0.141 e. The standard InChI is InChI=1S/C18H22N4S/c19-18(17-2-1-9-23-17)22-13-3-4-16-14(10-13)15(11-21-16)12-5-7-20-8-6-12/h1-4,9-10,12,15,20-21H,5-8,11H2,(H2,19,22). The molecule has 0 radical (unpaired) electrons. The lowest BCUT2D eigenvalue weighted by molar-refractivity contribution is 0.330. The van der Waals surface area contributed by atoms with E-state index in [9.17, 15) is 0 Å². The molecule has 0 saturated carbocycles. The Morgan fingerprint density at radius 2 is 2.09 bits per heavy atom. The summed E-state index contributed by atoms with van der Waals surface area (Å²) in [7, 11) is 0. The zero-order chi connectivity index (χ0) is 15.6. The molecule has 120 valence electrons. The smallest absolute Gasteiger partial charge is 0.141 e. The van der Waals surface area contributed by atoms with Crippen molar-refractivity contribution in [3.8, 4) is 0 Å². The predicted molar refractivity (Wildman–Crippen MR) is 98.0 cm³/mol. The third kappa shape index (κ3) is 2.99. The molecule has 4 nitrogen and oxygen atoms in total. The minimum atomic E-state index is 0.601. The van der Waals surface area contributed by atoms with Gasteiger partial charge in [-0.25, -0.2) is 4.99 Å². The quantitative estimate of drug-likeness (QED) is 0.599. The molecule has 4 rings (SSSR count). The number of nitrogens with two attached hydrogens (primary N) is 1. The van der Waals surface area contributed by atoms with Gasteiger partial charge in [-0.3, -0.25) is 0 Å². The Labute approximate surface area is 140 Å². The largest absolute Gasteiger partial charge is 0.384 e. The number of rotatable bonds is 3. The van der Waals surface area contributed by atoms with E-state index in [1.807, 2.05) is 17.5 Å². The first kappa shape index (κ1) is 14.7. The lowest BCUT2D eigenvalue weighted by Gasteiger charge is -2.28. The van der Waals surface area contributed by atoms with Crippen molar-refractivity contribution in [2.24, 2.45) is 16.6 Å². The first-order valence-corrected chi connectivity index (χ1v) is 9.16. The molecule has 3 heterocycles. The van der Waals surface area contributed by atoms with E-state index in [0.29, 0.717) is 11.8 Å². The van der Waals surface area contributed by atoms with E-state index in [-0.39, 0.29) is 0 Å². The fourth-order valence-corrected chi connectivity index (χ4v) is 4.33. The van der Waals surface area contributed by atoms with Crippen LogP contribution >= 0.6 is 11.3 Å². The Morgan fingerprint density at radius 3 is 2.87 bits per heavy atom. The van der Waals surface area contributed by atoms with E-state index in [1.54, 1.807) is 11.3 Å². The van der Waals surface area contributed by atoms with E-state index >= 15 is 0 Å². The summed E-state index contributed by atoms with van der Waals surface area (Å²) in [6.45, 7) is 3.33. The Kier molecular flexibility index (Phi) is 4.06. The van der Waals surface area contributed by atoms with Crippen LogP contribution in [0.4, 0.5) is 11.4 Å². The van der Waals surface area contributed by atoms with Gasteiger partial charge in [0.15, 0.2) is 0 Å². The SMILES string of the molecule is NC(=Nc1ccc2c(c1)C(C1CCNCC1)CN2)c1cccs1. The Bertz CT molecular complexity index is 702. The number of hydrogen-bond acceptors (Lipinski definition) is 4. The zero-order valence-electron chi connectivity index (χ0n) is 13.1. The summed E-state index contributed by atoms with van der Waals surface area (Å²) in [5.41, 5.74) is 9.77. The second-order valence-corrected chi connectivity index (χ2v) is 7.27. The number of benzene rings is 1. The minimum absolute atomic E-state index is 0.601. The highest BCUT2D eigenvalue weighted by atomic mass is 32.1. The van der Waals surface area contributed by atoms with Gasteiger partial charge in [-0.2, -0.15) is 0 Å². The maximum absolute atomic E-state index is 6.13. The number of nitrogens with zero attached hydrogens (tertiary/aromatic N) is 1. The van der Waals surface area contributed by atoms with Gasteiger partial charge in [0.2, 0.25) is 0 Å². The van der Waals surface area contributed by atoms with Crippen molar-refractivity contribution in [3.05, 3.63) is 46.2 Å². The Hall–Kier alpha value is -1.85. The van der Waals surface area contributed by atoms with Gasteiger partial charge >= 0.3 is 0 Å². The van der Waals surface area contributed by atoms with E-state index in [0.717, 1.165) is 36.1 Å². The van der Waals surface area contributed by atoms with Gasteiger partial charge in [-0.15, -0.1) is 11.3 Å². The van der Waals surface area contributed by atoms with Gasteiger partial charge in [-0.1, -0.05) is 6.07 Å². The Morgan fingerprint density at radius 1 is 1.22 bits per heavy atom. The Balaban J connectivity index is 1.61. The fourth-order valence-electron chi connectivity index (χ4n) is 3.70. The summed E-state index contributed by atoms with van der Waals surface area (Å²) in [5.74, 6) is 1.97. The summed E-state index contributed by atoms with van der Waals surface area (Å²) in [6.07, 6.45) is 2.52. The molecule has 2 aromatic rings. The third-order valence-electron chi connectivity index (χ3n) is 4.92. The van der Waals surface area contributed by atoms with Crippen LogP contribution in [-0.2, 0) is 0 Å². The van der Waals surface area contributed by atoms with Crippen LogP contribution in [0.5, 0.6) is 0 Å². The van der Waals surface area contributed by atoms with E-state index in [4.69, 9.17) is 5.73 Å². The first-order chi connectivity index (χ1) is 11.3. The second kappa shape index (κ2) is 6.34. The van der Waals surface area contributed by atoms with E-state index in [1.165, 1.54) is 24.1 Å². The van der Waals surface area contributed by atoms with Crippen LogP contribution in [0.2, 0.25) is 0 Å². The highest BCUT2D eigenvalue weighted by Gasteiger charge is 2.30. The summed E-state index contributed by atoms with van der Waals surface area (Å²) < 4.78 is 0. The molecule has 1 aromatic heterocycles. The van der Waals surface area contributed by atoms with Crippen LogP contribution in [-0.4, -0.2) is 25.5 Å². The lowest BCUT2D eigenvalue weighted by atomic mass is 9.81. The molecule has 23 heavy (non-hydrogen) atoms. The monoisotopic (exact) mass is 326 g/mol. The van der Waals surface area contributed by atoms with Crippen molar-refractivity contribution in [2.45, 2.75) is 18.8 Å². The van der Waals surface area contributed by atoms with Crippen LogP contribution in [0, 0.1) is 5.92 Å². The maximum atomic E-state index is 6.13. The van der Waals surface area contributed by atoms with Crippen molar-refractivity contribution in [3.63, 3.8) is 0 Å². The number of anilines is 1. The summed E-state index contributed by atoms with van der Waals surface area (Å²) in [5, 5.41) is 9.04. The molecule has 2 aliphatic heterocycles. The van der Waals surface area contributed by atoms with Crippen LogP contribution in [0.15, 0.2) is 40.7 Å². The number of piperidine rings is 1. The lowest BCUT2D eigenvalue weighted by Crippen LogP contribution is -2.31. The topological polar surface area (TPSA) is 62.4 Å². The number of aliphatic imine (C=N–C) groups is 1. The second-order valence-electron chi connectivity index (χ2n) is 6.32. The summed E-state index contributed by atoms with van der Waals surface area (Å²) in [6, 6.07) is 10.4. The normalized spacial score (nSPS) is 21.9. The zero-order valence-corrected chi connectivity index (χ0v) is 13.9. The molecule has 0 aliphatic carbocycles. The van der Waals surface area contributed by atoms with Gasteiger partial charge in [0, 0.05) is 18.2 Å². The molecule has 4 N–H and O–H groups in total. The highest BCUT2D eigenvalue weighted by Crippen LogP contribution is 2.41. The van der Waals surface area contributed by atoms with Crippen molar-refractivity contribution in [1.29, 1.82) is 0 Å². The van der Waals surface area contributed by atoms with Crippen LogP contribution < -0.4 is 16.4 Å². The molecule has 0 amide bonds. The van der Waals surface area contributed by atoms with Crippen LogP contribution in [0.3, 0.4) is 0 Å². The average molecular weight is 326 g/mol. The van der Waals surface area contributed by atoms with Crippen molar-refractivity contribution >= 4 is 28.5 Å². The minimum Gasteiger partial charge on any atom is -0.384 e. The average Bonchev–Trinajstić information content (AvgIpc) is 3.25. The molecule has 1 aromatic carbocycles. The molecule has 5 heteroatoms. The summed E-state index contributed by atoms with van der Waals surface area (Å²) in [4.78, 5) is 5.65. The number of amidine groups is 1. The van der Waals surface area contributed by atoms with Crippen molar-refractivity contribution < 1.29 is 0 Å². The molecular weight excluding hydrogens is 304 g/mol. The van der Waals surface area contributed by atoms with Crippen LogP contribution in [0.1, 0.15) is 29.2 Å². The molecule has 0 bridgehead atoms. The molecule has 0 spiro atoms. The fraction of sp³-hybridized carbons (Fsp3) is 0.389. The predicted octanol–water partition coefficient (Wildman–Crippen LogP) is 3.29. The van der Waals surface area contributed by atoms with Gasteiger partial charge in [0.1, 0.15) is 5.84 Å². The van der Waals surface area contributed by atoms with E-state index < -0.39 is 0 Å². The number of hydrogen-bond donors (Lipinski definition) is 3. The number of fused-ring (bicyclic) bond motifs is 1. The van der Waals surface area contributed by atoms with Gasteiger partial charge < -0.3 is 16.4 Å². The molecule has 1 atom stereocenters. The van der Waals surface area contributed by atoms with Gasteiger partial charge in [0.25, 0.3) is 0 Å². The van der Waals surface area contributed by atoms with Gasteiger partial charge in [0.05, 0.1) is 10.6 Å². The number of nitrogens with one attached hydrogen (secondary N) is 2. The van der Waals surface area contributed by atoms with Crippen molar-refractivity contribution in [1.82, 2.24) is 5.32 Å². The van der Waals surface area contributed by atoms with Crippen LogP contribution in [0.25, 0.3) is 0 Å². The summed E-state index contributed by atoms with van der Waals surface area (Å²) >= 11 is 1.62. The van der Waals surface area contributed by atoms with E-state index in [2.05, 4.69) is 33.8 Å². The molecule has 1 unspecified atom stereocenters. The van der Waals surface area contributed by atoms with Gasteiger partial charge in [-0.05, 0) is 67.1 Å². The molecule has 1 fully saturated rings. The van der Waals surface area contributed by atoms with Crippen molar-refractivity contribution in [2.75, 3.05) is 25.0 Å². The first-order valence-electron chi connectivity index (χ1n) is 8.28. The molecule has 2 aliphatic rings. The number of thiophene rings is 1. The third-order valence-corrected chi connectivity index (χ3v) is 5.82. The highest BCUT2D eigenvalue weighted by molar-refractivity contribution is 7.12.